The van der Waals surface area contributed by atoms with Gasteiger partial charge in [-0.2, -0.15) is 0 Å². The van der Waals surface area contributed by atoms with Crippen molar-refractivity contribution in [3.63, 3.8) is 0 Å². The number of nitrogens with one attached hydrogen (secondary N) is 1. The van der Waals surface area contributed by atoms with Crippen LogP contribution in [0.3, 0.4) is 0 Å². The summed E-state index contributed by atoms with van der Waals surface area (Å²) in [7, 11) is 1.62. The van der Waals surface area contributed by atoms with Gasteiger partial charge in [0.15, 0.2) is 0 Å². The lowest BCUT2D eigenvalue weighted by molar-refractivity contribution is 0.0952. The molecule has 1 heterocycles. The molecule has 0 bridgehead atoms. The quantitative estimate of drug-likeness (QED) is 0.451. The first kappa shape index (κ1) is 20.4. The van der Waals surface area contributed by atoms with Crippen molar-refractivity contribution in [3.05, 3.63) is 90.0 Å². The maximum Gasteiger partial charge on any atom is 0.252 e. The van der Waals surface area contributed by atoms with Gasteiger partial charge in [0.1, 0.15) is 11.5 Å². The van der Waals surface area contributed by atoms with Gasteiger partial charge in [-0.05, 0) is 37.3 Å². The zero-order valence-corrected chi connectivity index (χ0v) is 17.6. The molecule has 0 saturated heterocycles. The van der Waals surface area contributed by atoms with E-state index >= 15 is 0 Å². The largest absolute Gasteiger partial charge is 0.496 e. The normalized spacial score (nSPS) is 10.6. The SMILES string of the molecule is CCOc1cccc(-c2cc(C(=O)NCc3ccccc3OC)c3ccccc3n2)c1. The number of pyridine rings is 1. The summed E-state index contributed by atoms with van der Waals surface area (Å²) in [5.74, 6) is 1.36. The number of carbonyl (C=O) groups is 1. The van der Waals surface area contributed by atoms with E-state index in [2.05, 4.69) is 5.32 Å². The maximum absolute atomic E-state index is 13.2. The molecule has 4 rings (SSSR count). The molecule has 0 aliphatic rings. The Balaban J connectivity index is 1.69. The zero-order valence-electron chi connectivity index (χ0n) is 17.6. The number of rotatable bonds is 7. The highest BCUT2D eigenvalue weighted by Gasteiger charge is 2.15. The van der Waals surface area contributed by atoms with Crippen molar-refractivity contribution in [1.29, 1.82) is 0 Å². The first-order valence-electron chi connectivity index (χ1n) is 10.2. The molecule has 0 atom stereocenters. The third-order valence-corrected chi connectivity index (χ3v) is 5.03. The zero-order chi connectivity index (χ0) is 21.6. The van der Waals surface area contributed by atoms with Crippen molar-refractivity contribution in [2.45, 2.75) is 13.5 Å². The van der Waals surface area contributed by atoms with Crippen LogP contribution in [0.1, 0.15) is 22.8 Å². The number of aromatic nitrogens is 1. The summed E-state index contributed by atoms with van der Waals surface area (Å²) < 4.78 is 11.0. The lowest BCUT2D eigenvalue weighted by atomic mass is 10.0. The van der Waals surface area contributed by atoms with Crippen molar-refractivity contribution in [2.75, 3.05) is 13.7 Å². The molecule has 0 aliphatic heterocycles. The van der Waals surface area contributed by atoms with E-state index < -0.39 is 0 Å². The van der Waals surface area contributed by atoms with Crippen molar-refractivity contribution >= 4 is 16.8 Å². The number of fused-ring (bicyclic) bond motifs is 1. The lowest BCUT2D eigenvalue weighted by Gasteiger charge is -2.13. The molecule has 1 amide bonds. The molecule has 31 heavy (non-hydrogen) atoms. The number of benzene rings is 3. The molecule has 156 valence electrons. The van der Waals surface area contributed by atoms with Crippen molar-refractivity contribution in [2.24, 2.45) is 0 Å². The highest BCUT2D eigenvalue weighted by atomic mass is 16.5. The third kappa shape index (κ3) is 4.51. The van der Waals surface area contributed by atoms with Crippen molar-refractivity contribution < 1.29 is 14.3 Å². The van der Waals surface area contributed by atoms with Gasteiger partial charge in [-0.25, -0.2) is 4.98 Å². The molecule has 5 heteroatoms. The molecule has 4 aromatic rings. The second-order valence-corrected chi connectivity index (χ2v) is 7.03. The number of carbonyl (C=O) groups excluding carboxylic acids is 1. The Kier molecular flexibility index (Phi) is 6.13. The van der Waals surface area contributed by atoms with Crippen molar-refractivity contribution in [3.8, 4) is 22.8 Å². The summed E-state index contributed by atoms with van der Waals surface area (Å²) >= 11 is 0. The topological polar surface area (TPSA) is 60.5 Å². The fourth-order valence-corrected chi connectivity index (χ4v) is 3.54. The maximum atomic E-state index is 13.2. The molecule has 0 spiro atoms. The molecule has 5 nitrogen and oxygen atoms in total. The molecule has 0 saturated carbocycles. The number of hydrogen-bond donors (Lipinski definition) is 1. The third-order valence-electron chi connectivity index (χ3n) is 5.03. The average Bonchev–Trinajstić information content (AvgIpc) is 2.82. The van der Waals surface area contributed by atoms with Gasteiger partial charge in [0, 0.05) is 23.1 Å². The first-order chi connectivity index (χ1) is 15.2. The minimum absolute atomic E-state index is 0.160. The Morgan fingerprint density at radius 2 is 1.77 bits per heavy atom. The van der Waals surface area contributed by atoms with Crippen LogP contribution in [0.5, 0.6) is 11.5 Å². The minimum atomic E-state index is -0.160. The smallest absolute Gasteiger partial charge is 0.252 e. The summed E-state index contributed by atoms with van der Waals surface area (Å²) in [5, 5.41) is 3.83. The summed E-state index contributed by atoms with van der Waals surface area (Å²) in [6, 6.07) is 24.9. The van der Waals surface area contributed by atoms with Crippen molar-refractivity contribution in [1.82, 2.24) is 10.3 Å². The summed E-state index contributed by atoms with van der Waals surface area (Å²) in [5.41, 5.74) is 3.89. The van der Waals surface area contributed by atoms with Crippen LogP contribution in [0, 0.1) is 0 Å². The van der Waals surface area contributed by atoms with Gasteiger partial charge in [-0.15, -0.1) is 0 Å². The second-order valence-electron chi connectivity index (χ2n) is 7.03. The van der Waals surface area contributed by atoms with E-state index in [1.165, 1.54) is 0 Å². The molecule has 1 aromatic heterocycles. The van der Waals surface area contributed by atoms with Gasteiger partial charge in [0.25, 0.3) is 5.91 Å². The molecule has 0 aliphatic carbocycles. The van der Waals surface area contributed by atoms with E-state index in [-0.39, 0.29) is 5.91 Å². The minimum Gasteiger partial charge on any atom is -0.496 e. The Hall–Kier alpha value is -3.86. The number of hydrogen-bond acceptors (Lipinski definition) is 4. The fraction of sp³-hybridized carbons (Fsp3) is 0.154. The molecular formula is C26H24N2O3. The Bertz CT molecular complexity index is 1220. The van der Waals surface area contributed by atoms with E-state index in [0.29, 0.717) is 18.7 Å². The molecule has 0 radical (unpaired) electrons. The highest BCUT2D eigenvalue weighted by molar-refractivity contribution is 6.07. The molecule has 0 fully saturated rings. The van der Waals surface area contributed by atoms with Gasteiger partial charge in [-0.1, -0.05) is 48.5 Å². The van der Waals surface area contributed by atoms with Crippen LogP contribution in [0.25, 0.3) is 22.2 Å². The molecule has 1 N–H and O–H groups in total. The fourth-order valence-electron chi connectivity index (χ4n) is 3.54. The Labute approximate surface area is 181 Å². The van der Waals surface area contributed by atoms with Gasteiger partial charge in [-0.3, -0.25) is 4.79 Å². The lowest BCUT2D eigenvalue weighted by Crippen LogP contribution is -2.23. The van der Waals surface area contributed by atoms with Crippen LogP contribution in [0.4, 0.5) is 0 Å². The monoisotopic (exact) mass is 412 g/mol. The molecule has 0 unspecified atom stereocenters. The average molecular weight is 412 g/mol. The molecular weight excluding hydrogens is 388 g/mol. The van der Waals surface area contributed by atoms with Crippen LogP contribution >= 0.6 is 0 Å². The van der Waals surface area contributed by atoms with E-state index in [4.69, 9.17) is 14.5 Å². The second kappa shape index (κ2) is 9.30. The van der Waals surface area contributed by atoms with Gasteiger partial charge in [0.05, 0.1) is 30.5 Å². The van der Waals surface area contributed by atoms with Gasteiger partial charge in [0.2, 0.25) is 0 Å². The summed E-state index contributed by atoms with van der Waals surface area (Å²) in [6.45, 7) is 2.91. The van der Waals surface area contributed by atoms with Crippen LogP contribution < -0.4 is 14.8 Å². The Morgan fingerprint density at radius 1 is 0.968 bits per heavy atom. The van der Waals surface area contributed by atoms with E-state index in [0.717, 1.165) is 39.2 Å². The van der Waals surface area contributed by atoms with Gasteiger partial charge < -0.3 is 14.8 Å². The van der Waals surface area contributed by atoms with Crippen LogP contribution in [0.15, 0.2) is 78.9 Å². The van der Waals surface area contributed by atoms with Gasteiger partial charge >= 0.3 is 0 Å². The van der Waals surface area contributed by atoms with Crippen LogP contribution in [-0.4, -0.2) is 24.6 Å². The first-order valence-corrected chi connectivity index (χ1v) is 10.2. The van der Waals surface area contributed by atoms with Crippen LogP contribution in [-0.2, 0) is 6.54 Å². The van der Waals surface area contributed by atoms with E-state index in [1.807, 2.05) is 85.8 Å². The summed E-state index contributed by atoms with van der Waals surface area (Å²) in [6.07, 6.45) is 0. The number of nitrogens with zero attached hydrogens (tertiary/aromatic N) is 1. The summed E-state index contributed by atoms with van der Waals surface area (Å²) in [4.78, 5) is 18.0. The molecule has 3 aromatic carbocycles. The highest BCUT2D eigenvalue weighted by Crippen LogP contribution is 2.27. The van der Waals surface area contributed by atoms with Crippen LogP contribution in [0.2, 0.25) is 0 Å². The number of para-hydroxylation sites is 2. The number of ether oxygens (including phenoxy) is 2. The Morgan fingerprint density at radius 3 is 2.61 bits per heavy atom. The van der Waals surface area contributed by atoms with E-state index in [1.54, 1.807) is 7.11 Å². The standard InChI is InChI=1S/C26H24N2O3/c1-3-31-20-11-8-10-18(15-20)24-16-22(21-12-5-6-13-23(21)28-24)26(29)27-17-19-9-4-7-14-25(19)30-2/h4-16H,3,17H2,1-2H3,(H,27,29). The number of amides is 1. The predicted octanol–water partition coefficient (Wildman–Crippen LogP) is 5.24. The predicted molar refractivity (Wildman–Crippen MR) is 123 cm³/mol. The number of methoxy groups -OCH3 is 1. The van der Waals surface area contributed by atoms with E-state index in [9.17, 15) is 4.79 Å².